The fourth-order valence-corrected chi connectivity index (χ4v) is 1.82. The Hall–Kier alpha value is -0.610. The van der Waals surface area contributed by atoms with Gasteiger partial charge in [0.2, 0.25) is 5.91 Å². The van der Waals surface area contributed by atoms with E-state index >= 15 is 0 Å². The predicted molar refractivity (Wildman–Crippen MR) is 61.8 cm³/mol. The zero-order chi connectivity index (χ0) is 11.3. The summed E-state index contributed by atoms with van der Waals surface area (Å²) >= 11 is 0. The number of nitrogens with one attached hydrogen (secondary N) is 2. The number of nitrogens with zero attached hydrogens (tertiary/aromatic N) is 1. The van der Waals surface area contributed by atoms with Crippen molar-refractivity contribution < 1.29 is 4.79 Å². The van der Waals surface area contributed by atoms with E-state index in [1.54, 1.807) is 0 Å². The second-order valence-corrected chi connectivity index (χ2v) is 4.44. The molecule has 4 heteroatoms. The molecule has 2 unspecified atom stereocenters. The van der Waals surface area contributed by atoms with Crippen molar-refractivity contribution in [3.8, 4) is 0 Å². The molecule has 2 N–H and O–H groups in total. The maximum Gasteiger partial charge on any atom is 0.234 e. The van der Waals surface area contributed by atoms with Gasteiger partial charge in [0.25, 0.3) is 0 Å². The van der Waals surface area contributed by atoms with Crippen LogP contribution in [-0.4, -0.2) is 49.1 Å². The van der Waals surface area contributed by atoms with Gasteiger partial charge >= 0.3 is 0 Å². The zero-order valence-electron chi connectivity index (χ0n) is 10.0. The van der Waals surface area contributed by atoms with Crippen LogP contribution < -0.4 is 10.6 Å². The summed E-state index contributed by atoms with van der Waals surface area (Å²) < 4.78 is 0. The molecule has 0 radical (unpaired) electrons. The predicted octanol–water partition coefficient (Wildman–Crippen LogP) is 0.195. The normalized spacial score (nSPS) is 27.7. The summed E-state index contributed by atoms with van der Waals surface area (Å²) in [6.45, 7) is 9.63. The molecule has 0 bridgehead atoms. The van der Waals surface area contributed by atoms with Crippen LogP contribution in [0.15, 0.2) is 0 Å². The minimum atomic E-state index is 0.151. The van der Waals surface area contributed by atoms with Crippen molar-refractivity contribution in [2.24, 2.45) is 0 Å². The van der Waals surface area contributed by atoms with Gasteiger partial charge in [-0.3, -0.25) is 9.69 Å². The highest BCUT2D eigenvalue weighted by atomic mass is 16.2. The Morgan fingerprint density at radius 3 is 2.93 bits per heavy atom. The summed E-state index contributed by atoms with van der Waals surface area (Å²) in [5.41, 5.74) is 0. The zero-order valence-corrected chi connectivity index (χ0v) is 10.0. The van der Waals surface area contributed by atoms with Crippen molar-refractivity contribution in [2.45, 2.75) is 39.3 Å². The van der Waals surface area contributed by atoms with Gasteiger partial charge in [0.15, 0.2) is 0 Å². The Morgan fingerprint density at radius 1 is 1.53 bits per heavy atom. The molecule has 1 aliphatic rings. The first-order chi connectivity index (χ1) is 7.13. The van der Waals surface area contributed by atoms with E-state index in [0.717, 1.165) is 26.1 Å². The van der Waals surface area contributed by atoms with Gasteiger partial charge in [0.1, 0.15) is 0 Å². The molecular formula is C11H23N3O. The molecule has 15 heavy (non-hydrogen) atoms. The highest BCUT2D eigenvalue weighted by molar-refractivity contribution is 5.78. The summed E-state index contributed by atoms with van der Waals surface area (Å²) in [6.07, 6.45) is 0.999. The molecule has 1 amide bonds. The van der Waals surface area contributed by atoms with E-state index < -0.39 is 0 Å². The average molecular weight is 213 g/mol. The molecule has 0 aromatic carbocycles. The van der Waals surface area contributed by atoms with E-state index in [1.807, 2.05) is 0 Å². The average Bonchev–Trinajstić information content (AvgIpc) is 2.20. The standard InChI is InChI=1S/C11H23N3O/c1-4-5-12-11(15)8-14-7-9(2)13-6-10(14)3/h9-10,13H,4-8H2,1-3H3,(H,12,15). The summed E-state index contributed by atoms with van der Waals surface area (Å²) in [4.78, 5) is 13.8. The van der Waals surface area contributed by atoms with Crippen LogP contribution in [0.4, 0.5) is 0 Å². The van der Waals surface area contributed by atoms with Crippen molar-refractivity contribution in [1.82, 2.24) is 15.5 Å². The fraction of sp³-hybridized carbons (Fsp3) is 0.909. The lowest BCUT2D eigenvalue weighted by Gasteiger charge is -2.36. The Morgan fingerprint density at radius 2 is 2.27 bits per heavy atom. The van der Waals surface area contributed by atoms with Gasteiger partial charge in [-0.1, -0.05) is 6.92 Å². The van der Waals surface area contributed by atoms with E-state index in [1.165, 1.54) is 0 Å². The van der Waals surface area contributed by atoms with Crippen LogP contribution in [0.1, 0.15) is 27.2 Å². The lowest BCUT2D eigenvalue weighted by Crippen LogP contribution is -2.56. The Kier molecular flexibility index (Phi) is 5.05. The molecule has 1 heterocycles. The van der Waals surface area contributed by atoms with Crippen molar-refractivity contribution in [1.29, 1.82) is 0 Å². The van der Waals surface area contributed by atoms with E-state index in [4.69, 9.17) is 0 Å². The van der Waals surface area contributed by atoms with Crippen LogP contribution in [0.25, 0.3) is 0 Å². The van der Waals surface area contributed by atoms with E-state index in [-0.39, 0.29) is 5.91 Å². The maximum absolute atomic E-state index is 11.5. The Balaban J connectivity index is 2.31. The van der Waals surface area contributed by atoms with Gasteiger partial charge in [0, 0.05) is 31.7 Å². The highest BCUT2D eigenvalue weighted by Crippen LogP contribution is 2.05. The number of amides is 1. The second kappa shape index (κ2) is 6.08. The Bertz CT molecular complexity index is 208. The Labute approximate surface area is 92.4 Å². The lowest BCUT2D eigenvalue weighted by atomic mass is 10.1. The molecule has 1 fully saturated rings. The molecular weight excluding hydrogens is 190 g/mol. The molecule has 0 saturated carbocycles. The van der Waals surface area contributed by atoms with Crippen LogP contribution in [0, 0.1) is 0 Å². The van der Waals surface area contributed by atoms with Crippen molar-refractivity contribution >= 4 is 5.91 Å². The van der Waals surface area contributed by atoms with Crippen molar-refractivity contribution in [2.75, 3.05) is 26.2 Å². The number of carbonyl (C=O) groups is 1. The first-order valence-corrected chi connectivity index (χ1v) is 5.87. The molecule has 1 aliphatic heterocycles. The van der Waals surface area contributed by atoms with Crippen LogP contribution in [0.5, 0.6) is 0 Å². The summed E-state index contributed by atoms with van der Waals surface area (Å²) in [5, 5.41) is 6.32. The van der Waals surface area contributed by atoms with E-state index in [9.17, 15) is 4.79 Å². The van der Waals surface area contributed by atoms with Gasteiger partial charge in [-0.2, -0.15) is 0 Å². The number of hydrogen-bond donors (Lipinski definition) is 2. The second-order valence-electron chi connectivity index (χ2n) is 4.44. The molecule has 1 rings (SSSR count). The van der Waals surface area contributed by atoms with Crippen LogP contribution in [-0.2, 0) is 4.79 Å². The summed E-state index contributed by atoms with van der Waals surface area (Å²) in [7, 11) is 0. The molecule has 1 saturated heterocycles. The topological polar surface area (TPSA) is 44.4 Å². The lowest BCUT2D eigenvalue weighted by molar-refractivity contribution is -0.123. The van der Waals surface area contributed by atoms with Crippen LogP contribution in [0.3, 0.4) is 0 Å². The van der Waals surface area contributed by atoms with E-state index in [0.29, 0.717) is 18.6 Å². The fourth-order valence-electron chi connectivity index (χ4n) is 1.82. The van der Waals surface area contributed by atoms with Gasteiger partial charge in [-0.05, 0) is 20.3 Å². The van der Waals surface area contributed by atoms with Gasteiger partial charge < -0.3 is 10.6 Å². The largest absolute Gasteiger partial charge is 0.355 e. The minimum Gasteiger partial charge on any atom is -0.355 e. The van der Waals surface area contributed by atoms with Crippen LogP contribution in [0.2, 0.25) is 0 Å². The third-order valence-electron chi connectivity index (χ3n) is 2.81. The van der Waals surface area contributed by atoms with Gasteiger partial charge in [-0.25, -0.2) is 0 Å². The van der Waals surface area contributed by atoms with Gasteiger partial charge in [-0.15, -0.1) is 0 Å². The highest BCUT2D eigenvalue weighted by Gasteiger charge is 2.23. The molecule has 0 aromatic rings. The third-order valence-corrected chi connectivity index (χ3v) is 2.81. The monoisotopic (exact) mass is 213 g/mol. The van der Waals surface area contributed by atoms with Crippen molar-refractivity contribution in [3.05, 3.63) is 0 Å². The number of carbonyl (C=O) groups excluding carboxylic acids is 1. The smallest absolute Gasteiger partial charge is 0.234 e. The SMILES string of the molecule is CCCNC(=O)CN1CC(C)NCC1C. The molecule has 0 aliphatic carbocycles. The number of rotatable bonds is 4. The quantitative estimate of drug-likeness (QED) is 0.701. The maximum atomic E-state index is 11.5. The third kappa shape index (κ3) is 4.18. The van der Waals surface area contributed by atoms with Gasteiger partial charge in [0.05, 0.1) is 6.54 Å². The number of piperazine rings is 1. The van der Waals surface area contributed by atoms with Crippen molar-refractivity contribution in [3.63, 3.8) is 0 Å². The minimum absolute atomic E-state index is 0.151. The first-order valence-electron chi connectivity index (χ1n) is 5.87. The summed E-state index contributed by atoms with van der Waals surface area (Å²) in [5.74, 6) is 0.151. The molecule has 2 atom stereocenters. The molecule has 4 nitrogen and oxygen atoms in total. The molecule has 0 spiro atoms. The molecule has 88 valence electrons. The number of hydrogen-bond acceptors (Lipinski definition) is 3. The summed E-state index contributed by atoms with van der Waals surface area (Å²) in [6, 6.07) is 0.939. The van der Waals surface area contributed by atoms with Crippen LogP contribution >= 0.6 is 0 Å². The first kappa shape index (κ1) is 12.5. The van der Waals surface area contributed by atoms with E-state index in [2.05, 4.69) is 36.3 Å². The molecule has 0 aromatic heterocycles.